The molecule has 0 radical (unpaired) electrons. The Labute approximate surface area is 210 Å². The first-order valence-corrected chi connectivity index (χ1v) is 11.9. The zero-order chi connectivity index (χ0) is 24.9. The maximum absolute atomic E-state index is 13.9. The van der Waals surface area contributed by atoms with Gasteiger partial charge in [0.25, 0.3) is 5.91 Å². The van der Waals surface area contributed by atoms with Gasteiger partial charge in [0, 0.05) is 31.2 Å². The van der Waals surface area contributed by atoms with Crippen molar-refractivity contribution in [3.63, 3.8) is 0 Å². The van der Waals surface area contributed by atoms with Crippen LogP contribution in [0, 0.1) is 18.4 Å². The minimum Gasteiger partial charge on any atom is -0.338 e. The Kier molecular flexibility index (Phi) is 6.59. The van der Waals surface area contributed by atoms with Crippen molar-refractivity contribution >= 4 is 28.5 Å². The molecule has 0 saturated carbocycles. The largest absolute Gasteiger partial charge is 0.338 e. The minimum absolute atomic E-state index is 0.0345. The molecular formula is C29H26N6O. The number of rotatable bonds is 3. The number of benzene rings is 3. The van der Waals surface area contributed by atoms with Gasteiger partial charge in [-0.3, -0.25) is 15.1 Å². The third kappa shape index (κ3) is 4.62. The summed E-state index contributed by atoms with van der Waals surface area (Å²) < 4.78 is 0. The molecule has 7 heteroatoms. The van der Waals surface area contributed by atoms with Gasteiger partial charge in [0.05, 0.1) is 22.8 Å². The van der Waals surface area contributed by atoms with Crippen LogP contribution >= 0.6 is 0 Å². The van der Waals surface area contributed by atoms with Crippen LogP contribution in [0.3, 0.4) is 0 Å². The number of carbonyl (C=O) groups excluding carboxylic acids is 1. The zero-order valence-electron chi connectivity index (χ0n) is 20.0. The van der Waals surface area contributed by atoms with Gasteiger partial charge in [-0.05, 0) is 36.2 Å². The number of para-hydroxylation sites is 2. The van der Waals surface area contributed by atoms with E-state index in [4.69, 9.17) is 4.99 Å². The Balaban J connectivity index is 1.51. The summed E-state index contributed by atoms with van der Waals surface area (Å²) in [6, 6.07) is 27.1. The summed E-state index contributed by atoms with van der Waals surface area (Å²) in [5.41, 5.74) is 4.28. The lowest BCUT2D eigenvalue weighted by atomic mass is 10.00. The van der Waals surface area contributed by atoms with Gasteiger partial charge >= 0.3 is 0 Å². The number of amides is 1. The van der Waals surface area contributed by atoms with Gasteiger partial charge in [-0.25, -0.2) is 4.99 Å². The number of aliphatic imine (C=N–C) groups is 1. The Morgan fingerprint density at radius 1 is 1.00 bits per heavy atom. The maximum Gasteiger partial charge on any atom is 0.255 e. The van der Waals surface area contributed by atoms with Crippen LogP contribution in [0.5, 0.6) is 0 Å². The van der Waals surface area contributed by atoms with Crippen LogP contribution in [-0.4, -0.2) is 46.3 Å². The van der Waals surface area contributed by atoms with Gasteiger partial charge in [-0.1, -0.05) is 66.7 Å². The summed E-state index contributed by atoms with van der Waals surface area (Å²) in [7, 11) is 0. The van der Waals surface area contributed by atoms with Crippen LogP contribution in [-0.2, 0) is 0 Å². The van der Waals surface area contributed by atoms with Crippen molar-refractivity contribution in [3.05, 3.63) is 108 Å². The van der Waals surface area contributed by atoms with E-state index in [-0.39, 0.29) is 11.9 Å². The lowest BCUT2D eigenvalue weighted by molar-refractivity contribution is 0.0549. The molecule has 1 aliphatic heterocycles. The van der Waals surface area contributed by atoms with Crippen LogP contribution in [0.1, 0.15) is 27.5 Å². The van der Waals surface area contributed by atoms with Gasteiger partial charge in [-0.15, -0.1) is 0 Å². The fraction of sp³-hybridized carbons (Fsp3) is 0.172. The number of hydrogen-bond donors (Lipinski definition) is 1. The molecule has 1 aromatic heterocycles. The van der Waals surface area contributed by atoms with E-state index in [0.29, 0.717) is 31.2 Å². The SMILES string of the molecule is Cc1ccccc1N=C(NC#N)N1CCN(C(=O)c2ccnc3ccccc23)C(c2ccccc2)C1. The fourth-order valence-corrected chi connectivity index (χ4v) is 4.65. The lowest BCUT2D eigenvalue weighted by Crippen LogP contribution is -2.54. The van der Waals surface area contributed by atoms with Crippen molar-refractivity contribution in [2.75, 3.05) is 19.6 Å². The smallest absolute Gasteiger partial charge is 0.255 e. The van der Waals surface area contributed by atoms with Gasteiger partial charge in [0.15, 0.2) is 6.19 Å². The summed E-state index contributed by atoms with van der Waals surface area (Å²) in [6.07, 6.45) is 3.72. The fourth-order valence-electron chi connectivity index (χ4n) is 4.65. The normalized spacial score (nSPS) is 16.0. The zero-order valence-corrected chi connectivity index (χ0v) is 20.0. The number of aryl methyl sites for hydroxylation is 1. The van der Waals surface area contributed by atoms with E-state index in [1.54, 1.807) is 12.3 Å². The molecule has 0 bridgehead atoms. The van der Waals surface area contributed by atoms with E-state index in [0.717, 1.165) is 27.7 Å². The van der Waals surface area contributed by atoms with Gasteiger partial charge < -0.3 is 9.80 Å². The van der Waals surface area contributed by atoms with Crippen molar-refractivity contribution in [1.82, 2.24) is 20.1 Å². The molecule has 1 unspecified atom stereocenters. The Morgan fingerprint density at radius 3 is 2.56 bits per heavy atom. The highest BCUT2D eigenvalue weighted by Crippen LogP contribution is 2.29. The van der Waals surface area contributed by atoms with Crippen LogP contribution in [0.15, 0.2) is 96.1 Å². The third-order valence-electron chi connectivity index (χ3n) is 6.51. The minimum atomic E-state index is -0.220. The number of hydrogen-bond acceptors (Lipinski definition) is 4. The number of guanidine groups is 1. The maximum atomic E-state index is 13.9. The number of pyridine rings is 1. The summed E-state index contributed by atoms with van der Waals surface area (Å²) in [4.78, 5) is 27.1. The van der Waals surface area contributed by atoms with E-state index in [1.807, 2.05) is 102 Å². The standard InChI is InChI=1S/C29H26N6O/c1-21-9-5-7-13-25(21)33-29(32-20-30)34-17-18-35(27(19-34)22-10-3-2-4-11-22)28(36)24-15-16-31-26-14-8-6-12-23(24)26/h2-16,27H,17-19H2,1H3,(H,32,33). The number of piperazine rings is 1. The molecule has 3 aromatic carbocycles. The average Bonchev–Trinajstić information content (AvgIpc) is 2.93. The number of nitrogens with one attached hydrogen (secondary N) is 1. The summed E-state index contributed by atoms with van der Waals surface area (Å²) in [5.74, 6) is 0.446. The molecule has 5 rings (SSSR count). The highest BCUT2D eigenvalue weighted by Gasteiger charge is 2.34. The molecule has 36 heavy (non-hydrogen) atoms. The summed E-state index contributed by atoms with van der Waals surface area (Å²) >= 11 is 0. The molecule has 1 aliphatic rings. The van der Waals surface area contributed by atoms with Gasteiger partial charge in [0.2, 0.25) is 5.96 Å². The summed E-state index contributed by atoms with van der Waals surface area (Å²) in [6.45, 7) is 3.51. The number of nitrogens with zero attached hydrogens (tertiary/aromatic N) is 5. The Bertz CT molecular complexity index is 1450. The molecule has 0 aliphatic carbocycles. The summed E-state index contributed by atoms with van der Waals surface area (Å²) in [5, 5.41) is 13.1. The number of carbonyl (C=O) groups is 1. The molecular weight excluding hydrogens is 448 g/mol. The van der Waals surface area contributed by atoms with Crippen molar-refractivity contribution in [1.29, 1.82) is 5.26 Å². The molecule has 4 aromatic rings. The van der Waals surface area contributed by atoms with Crippen molar-refractivity contribution in [2.45, 2.75) is 13.0 Å². The third-order valence-corrected chi connectivity index (χ3v) is 6.51. The van der Waals surface area contributed by atoms with Crippen molar-refractivity contribution in [2.24, 2.45) is 4.99 Å². The Hall–Kier alpha value is -4.70. The predicted molar refractivity (Wildman–Crippen MR) is 141 cm³/mol. The molecule has 0 spiro atoms. The molecule has 1 fully saturated rings. The highest BCUT2D eigenvalue weighted by molar-refractivity contribution is 6.06. The van der Waals surface area contributed by atoms with Gasteiger partial charge in [0.1, 0.15) is 0 Å². The molecule has 7 nitrogen and oxygen atoms in total. The van der Waals surface area contributed by atoms with Crippen molar-refractivity contribution in [3.8, 4) is 6.19 Å². The molecule has 1 amide bonds. The lowest BCUT2D eigenvalue weighted by Gasteiger charge is -2.42. The second-order valence-electron chi connectivity index (χ2n) is 8.71. The Morgan fingerprint density at radius 2 is 1.75 bits per heavy atom. The number of fused-ring (bicyclic) bond motifs is 1. The number of aromatic nitrogens is 1. The van der Waals surface area contributed by atoms with Gasteiger partial charge in [-0.2, -0.15) is 5.26 Å². The molecule has 1 N–H and O–H groups in total. The molecule has 1 atom stereocenters. The molecule has 178 valence electrons. The van der Waals surface area contributed by atoms with E-state index in [2.05, 4.69) is 10.3 Å². The predicted octanol–water partition coefficient (Wildman–Crippen LogP) is 4.80. The van der Waals surface area contributed by atoms with E-state index >= 15 is 0 Å². The van der Waals surface area contributed by atoms with Crippen LogP contribution in [0.4, 0.5) is 5.69 Å². The average molecular weight is 475 g/mol. The topological polar surface area (TPSA) is 84.6 Å². The van der Waals surface area contributed by atoms with Crippen LogP contribution in [0.2, 0.25) is 0 Å². The number of nitriles is 1. The monoisotopic (exact) mass is 474 g/mol. The first-order chi connectivity index (χ1) is 17.7. The van der Waals surface area contributed by atoms with E-state index in [9.17, 15) is 10.1 Å². The first kappa shape index (κ1) is 23.1. The molecule has 2 heterocycles. The van der Waals surface area contributed by atoms with Crippen LogP contribution < -0.4 is 5.32 Å². The second kappa shape index (κ2) is 10.3. The highest BCUT2D eigenvalue weighted by atomic mass is 16.2. The van der Waals surface area contributed by atoms with E-state index in [1.165, 1.54) is 0 Å². The second-order valence-corrected chi connectivity index (χ2v) is 8.71. The van der Waals surface area contributed by atoms with Crippen molar-refractivity contribution < 1.29 is 4.79 Å². The quantitative estimate of drug-likeness (QED) is 0.200. The van der Waals surface area contributed by atoms with Crippen LogP contribution in [0.25, 0.3) is 10.9 Å². The molecule has 1 saturated heterocycles. The first-order valence-electron chi connectivity index (χ1n) is 11.9. The van der Waals surface area contributed by atoms with E-state index < -0.39 is 0 Å².